The number of carbonyl (C=O) groups excluding carboxylic acids is 2. The Kier molecular flexibility index (Phi) is 7.89. The van der Waals surface area contributed by atoms with Crippen LogP contribution in [-0.2, 0) is 11.2 Å². The molecule has 0 aromatic heterocycles. The lowest BCUT2D eigenvalue weighted by molar-refractivity contribution is -0.894. The fourth-order valence-electron chi connectivity index (χ4n) is 2.41. The summed E-state index contributed by atoms with van der Waals surface area (Å²) >= 11 is 0. The Bertz CT molecular complexity index is 626. The molecular weight excluding hydrogens is 334 g/mol. The van der Waals surface area contributed by atoms with E-state index in [0.717, 1.165) is 23.4 Å². The zero-order chi connectivity index (χ0) is 19.9. The maximum Gasteiger partial charge on any atom is 0.322 e. The van der Waals surface area contributed by atoms with E-state index in [1.54, 1.807) is 14.2 Å². The molecule has 3 amide bonds. The largest absolute Gasteiger partial charge is 0.493 e. The highest BCUT2D eigenvalue weighted by Gasteiger charge is 2.24. The van der Waals surface area contributed by atoms with Gasteiger partial charge in [0, 0.05) is 12.0 Å². The average molecular weight is 366 g/mol. The first-order chi connectivity index (χ1) is 12.1. The fraction of sp³-hybridized carbons (Fsp3) is 0.579. The molecule has 7 nitrogen and oxygen atoms in total. The normalized spacial score (nSPS) is 13.5. The fourth-order valence-corrected chi connectivity index (χ4v) is 2.41. The molecule has 0 aliphatic rings. The molecule has 0 heterocycles. The molecule has 0 aliphatic heterocycles. The van der Waals surface area contributed by atoms with Gasteiger partial charge >= 0.3 is 6.03 Å². The molecule has 0 saturated heterocycles. The van der Waals surface area contributed by atoms with Gasteiger partial charge in [0.2, 0.25) is 0 Å². The molecule has 0 bridgehead atoms. The number of likely N-dealkylation sites (N-methyl/N-ethyl adjacent to an activating group) is 1. The molecule has 1 aromatic carbocycles. The van der Waals surface area contributed by atoms with E-state index in [1.807, 2.05) is 52.9 Å². The molecular formula is C19H32N3O4+. The number of ether oxygens (including phenoxy) is 2. The van der Waals surface area contributed by atoms with Crippen molar-refractivity contribution in [2.75, 3.05) is 27.8 Å². The van der Waals surface area contributed by atoms with E-state index in [-0.39, 0.29) is 17.5 Å². The summed E-state index contributed by atoms with van der Waals surface area (Å²) < 4.78 is 10.5. The second kappa shape index (κ2) is 9.43. The number of amides is 3. The van der Waals surface area contributed by atoms with E-state index < -0.39 is 6.03 Å². The maximum atomic E-state index is 12.2. The van der Waals surface area contributed by atoms with Crippen molar-refractivity contribution in [1.82, 2.24) is 10.6 Å². The van der Waals surface area contributed by atoms with Crippen molar-refractivity contribution >= 4 is 11.9 Å². The summed E-state index contributed by atoms with van der Waals surface area (Å²) in [6.45, 7) is 8.14. The SMILES string of the molecule is COc1ccc(CC[NH+](C)[C@H](C)C(=O)NC(=O)NC(C)(C)C)cc1OC. The van der Waals surface area contributed by atoms with Crippen molar-refractivity contribution < 1.29 is 24.0 Å². The molecule has 0 saturated carbocycles. The lowest BCUT2D eigenvalue weighted by Crippen LogP contribution is -3.14. The van der Waals surface area contributed by atoms with Gasteiger partial charge in [0.1, 0.15) is 0 Å². The standard InChI is InChI=1S/C19H31N3O4/c1-13(17(23)20-18(24)21-19(2,3)4)22(5)11-10-14-8-9-15(25-6)16(12-14)26-7/h8-9,12-13H,10-11H2,1-7H3,(H2,20,21,23,24)/p+1/t13-/m1/s1. The van der Waals surface area contributed by atoms with Crippen LogP contribution >= 0.6 is 0 Å². The van der Waals surface area contributed by atoms with E-state index in [2.05, 4.69) is 10.6 Å². The van der Waals surface area contributed by atoms with Crippen LogP contribution in [0.3, 0.4) is 0 Å². The van der Waals surface area contributed by atoms with Crippen LogP contribution in [0, 0.1) is 0 Å². The Morgan fingerprint density at radius 3 is 2.31 bits per heavy atom. The van der Waals surface area contributed by atoms with E-state index in [4.69, 9.17) is 9.47 Å². The number of quaternary nitrogens is 1. The van der Waals surface area contributed by atoms with Gasteiger partial charge in [-0.2, -0.15) is 0 Å². The predicted octanol–water partition coefficient (Wildman–Crippen LogP) is 0.774. The van der Waals surface area contributed by atoms with Crippen LogP contribution in [0.15, 0.2) is 18.2 Å². The summed E-state index contributed by atoms with van der Waals surface area (Å²) in [5.74, 6) is 1.08. The molecule has 0 radical (unpaired) electrons. The quantitative estimate of drug-likeness (QED) is 0.666. The van der Waals surface area contributed by atoms with Crippen LogP contribution in [0.25, 0.3) is 0 Å². The Morgan fingerprint density at radius 2 is 1.77 bits per heavy atom. The van der Waals surface area contributed by atoms with Crippen molar-refractivity contribution in [1.29, 1.82) is 0 Å². The topological polar surface area (TPSA) is 81.1 Å². The maximum absolute atomic E-state index is 12.2. The molecule has 0 aliphatic carbocycles. The first kappa shape index (κ1) is 21.8. The minimum Gasteiger partial charge on any atom is -0.493 e. The van der Waals surface area contributed by atoms with Gasteiger partial charge in [-0.25, -0.2) is 4.79 Å². The van der Waals surface area contributed by atoms with E-state index in [0.29, 0.717) is 11.5 Å². The van der Waals surface area contributed by atoms with Gasteiger partial charge in [0.15, 0.2) is 17.5 Å². The predicted molar refractivity (Wildman–Crippen MR) is 101 cm³/mol. The second-order valence-corrected chi connectivity index (χ2v) is 7.45. The zero-order valence-corrected chi connectivity index (χ0v) is 16.9. The Morgan fingerprint density at radius 1 is 1.15 bits per heavy atom. The van der Waals surface area contributed by atoms with Crippen molar-refractivity contribution in [3.63, 3.8) is 0 Å². The second-order valence-electron chi connectivity index (χ2n) is 7.45. The number of benzene rings is 1. The number of carbonyl (C=O) groups is 2. The van der Waals surface area contributed by atoms with Gasteiger partial charge in [0.25, 0.3) is 5.91 Å². The first-order valence-corrected chi connectivity index (χ1v) is 8.73. The molecule has 1 unspecified atom stereocenters. The summed E-state index contributed by atoms with van der Waals surface area (Å²) in [5.41, 5.74) is 0.708. The van der Waals surface area contributed by atoms with E-state index >= 15 is 0 Å². The first-order valence-electron chi connectivity index (χ1n) is 8.73. The van der Waals surface area contributed by atoms with Gasteiger partial charge in [-0.1, -0.05) is 6.07 Å². The van der Waals surface area contributed by atoms with Gasteiger partial charge in [0.05, 0.1) is 27.8 Å². The lowest BCUT2D eigenvalue weighted by atomic mass is 10.1. The van der Waals surface area contributed by atoms with Crippen LogP contribution in [0.2, 0.25) is 0 Å². The number of hydrogen-bond donors (Lipinski definition) is 3. The van der Waals surface area contributed by atoms with Crippen molar-refractivity contribution in [2.24, 2.45) is 0 Å². The van der Waals surface area contributed by atoms with Gasteiger partial charge < -0.3 is 19.7 Å². The van der Waals surface area contributed by atoms with E-state index in [9.17, 15) is 9.59 Å². The third-order valence-corrected chi connectivity index (χ3v) is 4.11. The smallest absolute Gasteiger partial charge is 0.322 e. The molecule has 3 N–H and O–H groups in total. The minimum atomic E-state index is -0.470. The molecule has 26 heavy (non-hydrogen) atoms. The van der Waals surface area contributed by atoms with Crippen LogP contribution in [0.5, 0.6) is 11.5 Å². The summed E-state index contributed by atoms with van der Waals surface area (Å²) in [4.78, 5) is 25.1. The van der Waals surface area contributed by atoms with Crippen LogP contribution in [0.4, 0.5) is 4.79 Å². The number of urea groups is 1. The third kappa shape index (κ3) is 6.92. The van der Waals surface area contributed by atoms with E-state index in [1.165, 1.54) is 0 Å². The summed E-state index contributed by atoms with van der Waals surface area (Å²) in [7, 11) is 5.15. The monoisotopic (exact) mass is 366 g/mol. The van der Waals surface area contributed by atoms with Crippen LogP contribution in [0.1, 0.15) is 33.3 Å². The summed E-state index contributed by atoms with van der Waals surface area (Å²) in [5, 5.41) is 5.12. The Labute approximate surface area is 156 Å². The molecule has 7 heteroatoms. The summed E-state index contributed by atoms with van der Waals surface area (Å²) in [6.07, 6.45) is 0.776. The lowest BCUT2D eigenvalue weighted by Gasteiger charge is -2.23. The van der Waals surface area contributed by atoms with Gasteiger partial charge in [-0.05, 0) is 45.4 Å². The average Bonchev–Trinajstić information content (AvgIpc) is 2.56. The Balaban J connectivity index is 2.57. The van der Waals surface area contributed by atoms with Crippen LogP contribution in [-0.4, -0.2) is 51.3 Å². The zero-order valence-electron chi connectivity index (χ0n) is 16.9. The highest BCUT2D eigenvalue weighted by molar-refractivity contribution is 5.96. The number of hydrogen-bond acceptors (Lipinski definition) is 4. The highest BCUT2D eigenvalue weighted by Crippen LogP contribution is 2.27. The number of methoxy groups -OCH3 is 2. The van der Waals surface area contributed by atoms with Gasteiger partial charge in [-0.15, -0.1) is 0 Å². The number of rotatable bonds is 7. The molecule has 1 rings (SSSR count). The highest BCUT2D eigenvalue weighted by atomic mass is 16.5. The molecule has 2 atom stereocenters. The number of imide groups is 1. The summed E-state index contributed by atoms with van der Waals surface area (Å²) in [6, 6.07) is 4.98. The van der Waals surface area contributed by atoms with Crippen molar-refractivity contribution in [3.05, 3.63) is 23.8 Å². The van der Waals surface area contributed by atoms with Gasteiger partial charge in [-0.3, -0.25) is 10.1 Å². The van der Waals surface area contributed by atoms with Crippen molar-refractivity contribution in [3.8, 4) is 11.5 Å². The van der Waals surface area contributed by atoms with Crippen molar-refractivity contribution in [2.45, 2.75) is 45.7 Å². The molecule has 0 fully saturated rings. The molecule has 146 valence electrons. The third-order valence-electron chi connectivity index (χ3n) is 4.11. The number of nitrogens with one attached hydrogen (secondary N) is 3. The molecule has 1 aromatic rings. The Hall–Kier alpha value is -2.28. The molecule has 0 spiro atoms. The minimum absolute atomic E-state index is 0.295. The van der Waals surface area contributed by atoms with Crippen LogP contribution < -0.4 is 25.0 Å².